The molecular formula is C9H14O2. The van der Waals surface area contributed by atoms with Crippen LogP contribution in [0.1, 0.15) is 19.8 Å². The molecule has 0 heterocycles. The van der Waals surface area contributed by atoms with Gasteiger partial charge in [0.15, 0.2) is 0 Å². The van der Waals surface area contributed by atoms with Crippen LogP contribution in [0, 0.1) is 11.8 Å². The highest BCUT2D eigenvalue weighted by atomic mass is 16.3. The monoisotopic (exact) mass is 154 g/mol. The molecule has 4 atom stereocenters. The molecule has 0 aromatic carbocycles. The smallest absolute Gasteiger partial charge is 0.0945 e. The van der Waals surface area contributed by atoms with Gasteiger partial charge >= 0.3 is 0 Å². The van der Waals surface area contributed by atoms with Gasteiger partial charge in [0, 0.05) is 11.8 Å². The van der Waals surface area contributed by atoms with Crippen LogP contribution in [0.3, 0.4) is 0 Å². The Morgan fingerprint density at radius 2 is 2.09 bits per heavy atom. The van der Waals surface area contributed by atoms with E-state index in [-0.39, 0.29) is 11.8 Å². The molecule has 0 aromatic rings. The normalized spacial score (nSPS) is 55.0. The Labute approximate surface area is 66.5 Å². The van der Waals surface area contributed by atoms with E-state index in [4.69, 9.17) is 0 Å². The first kappa shape index (κ1) is 7.32. The molecule has 11 heavy (non-hydrogen) atoms. The Balaban J connectivity index is 2.34. The van der Waals surface area contributed by atoms with Gasteiger partial charge in [-0.1, -0.05) is 12.2 Å². The lowest BCUT2D eigenvalue weighted by molar-refractivity contribution is -0.134. The molecule has 2 heteroatoms. The molecule has 2 N–H and O–H groups in total. The molecule has 0 spiro atoms. The summed E-state index contributed by atoms with van der Waals surface area (Å²) in [5.74, 6) is 0.359. The summed E-state index contributed by atoms with van der Waals surface area (Å²) in [6.07, 6.45) is 5.58. The number of fused-ring (bicyclic) bond motifs is 2. The molecular weight excluding hydrogens is 140 g/mol. The molecule has 1 saturated carbocycles. The summed E-state index contributed by atoms with van der Waals surface area (Å²) in [6, 6.07) is 0. The van der Waals surface area contributed by atoms with E-state index in [1.54, 1.807) is 6.92 Å². The van der Waals surface area contributed by atoms with Crippen LogP contribution in [-0.2, 0) is 0 Å². The minimum absolute atomic E-state index is 0.169. The van der Waals surface area contributed by atoms with Crippen LogP contribution in [0.25, 0.3) is 0 Å². The molecule has 3 aliphatic rings. The summed E-state index contributed by atoms with van der Waals surface area (Å²) in [5.41, 5.74) is -0.877. The molecule has 0 amide bonds. The molecule has 2 nitrogen and oxygen atoms in total. The topological polar surface area (TPSA) is 40.5 Å². The van der Waals surface area contributed by atoms with Gasteiger partial charge < -0.3 is 10.2 Å². The third kappa shape index (κ3) is 0.861. The first-order chi connectivity index (χ1) is 5.12. The average Bonchev–Trinajstić information content (AvgIpc) is 2.01. The van der Waals surface area contributed by atoms with Crippen molar-refractivity contribution in [2.24, 2.45) is 11.8 Å². The maximum absolute atomic E-state index is 9.83. The van der Waals surface area contributed by atoms with Crippen LogP contribution in [0.5, 0.6) is 0 Å². The Morgan fingerprint density at radius 1 is 1.36 bits per heavy atom. The highest BCUT2D eigenvalue weighted by molar-refractivity contribution is 5.15. The lowest BCUT2D eigenvalue weighted by Gasteiger charge is -2.46. The highest BCUT2D eigenvalue weighted by Gasteiger charge is 2.47. The predicted molar refractivity (Wildman–Crippen MR) is 42.0 cm³/mol. The minimum atomic E-state index is -0.877. The van der Waals surface area contributed by atoms with Gasteiger partial charge in [0.25, 0.3) is 0 Å². The summed E-state index contributed by atoms with van der Waals surface area (Å²) in [6.45, 7) is 1.73. The van der Waals surface area contributed by atoms with Crippen molar-refractivity contribution in [3.8, 4) is 0 Å². The molecule has 2 unspecified atom stereocenters. The second-order valence-electron chi connectivity index (χ2n) is 3.90. The average molecular weight is 154 g/mol. The van der Waals surface area contributed by atoms with Crippen molar-refractivity contribution >= 4 is 0 Å². The number of aliphatic hydroxyl groups is 2. The van der Waals surface area contributed by atoms with Gasteiger partial charge in [0.2, 0.25) is 0 Å². The third-order valence-electron chi connectivity index (χ3n) is 3.16. The Morgan fingerprint density at radius 3 is 2.36 bits per heavy atom. The maximum Gasteiger partial charge on any atom is 0.0945 e. The molecule has 0 aliphatic heterocycles. The zero-order valence-electron chi connectivity index (χ0n) is 6.70. The fraction of sp³-hybridized carbons (Fsp3) is 0.778. The van der Waals surface area contributed by atoms with E-state index in [1.165, 1.54) is 0 Å². The van der Waals surface area contributed by atoms with E-state index in [9.17, 15) is 10.2 Å². The third-order valence-corrected chi connectivity index (χ3v) is 3.16. The van der Waals surface area contributed by atoms with Crippen LogP contribution < -0.4 is 0 Å². The van der Waals surface area contributed by atoms with Crippen LogP contribution in [0.15, 0.2) is 12.2 Å². The number of rotatable bonds is 0. The Bertz CT molecular complexity index is 196. The standard InChI is InChI=1S/C9H14O2/c1-9(11)7-4-2-6(3-5-7)8(9)10/h2,4,6-8,10-11H,3,5H2,1H3/t6?,7-,8?,9+/m1/s1. The molecule has 62 valence electrons. The number of aliphatic hydroxyl groups excluding tert-OH is 1. The molecule has 3 rings (SSSR count). The van der Waals surface area contributed by atoms with Gasteiger partial charge in [-0.05, 0) is 19.8 Å². The largest absolute Gasteiger partial charge is 0.390 e. The van der Waals surface area contributed by atoms with Gasteiger partial charge in [-0.2, -0.15) is 0 Å². The van der Waals surface area contributed by atoms with Gasteiger partial charge in [-0.25, -0.2) is 0 Å². The summed E-state index contributed by atoms with van der Waals surface area (Å²) < 4.78 is 0. The van der Waals surface area contributed by atoms with Crippen molar-refractivity contribution in [1.82, 2.24) is 0 Å². The zero-order valence-corrected chi connectivity index (χ0v) is 6.70. The van der Waals surface area contributed by atoms with Crippen molar-refractivity contribution in [3.63, 3.8) is 0 Å². The summed E-state index contributed by atoms with van der Waals surface area (Å²) in [4.78, 5) is 0. The van der Waals surface area contributed by atoms with Gasteiger partial charge in [-0.15, -0.1) is 0 Å². The molecule has 1 fully saturated rings. The zero-order chi connectivity index (χ0) is 8.06. The molecule has 0 radical (unpaired) electrons. The summed E-state index contributed by atoms with van der Waals surface area (Å²) >= 11 is 0. The highest BCUT2D eigenvalue weighted by Crippen LogP contribution is 2.42. The van der Waals surface area contributed by atoms with Crippen LogP contribution in [0.2, 0.25) is 0 Å². The fourth-order valence-electron chi connectivity index (χ4n) is 2.24. The van der Waals surface area contributed by atoms with E-state index >= 15 is 0 Å². The lowest BCUT2D eigenvalue weighted by atomic mass is 9.65. The van der Waals surface area contributed by atoms with Crippen molar-refractivity contribution in [3.05, 3.63) is 12.2 Å². The number of hydrogen-bond donors (Lipinski definition) is 2. The Hall–Kier alpha value is -0.340. The SMILES string of the molecule is C[C@@]1(O)C(O)C2C=C[C@@H]1CC2. The Kier molecular flexibility index (Phi) is 1.38. The molecule has 3 aliphatic carbocycles. The first-order valence-corrected chi connectivity index (χ1v) is 4.21. The van der Waals surface area contributed by atoms with E-state index in [0.717, 1.165) is 12.8 Å². The predicted octanol–water partition coefficient (Wildman–Crippen LogP) is 0.694. The van der Waals surface area contributed by atoms with Crippen molar-refractivity contribution in [2.75, 3.05) is 0 Å². The van der Waals surface area contributed by atoms with Crippen molar-refractivity contribution < 1.29 is 10.2 Å². The molecule has 0 aromatic heterocycles. The van der Waals surface area contributed by atoms with Gasteiger partial charge in [0.05, 0.1) is 11.7 Å². The fourth-order valence-corrected chi connectivity index (χ4v) is 2.24. The summed E-state index contributed by atoms with van der Waals surface area (Å²) in [7, 11) is 0. The van der Waals surface area contributed by atoms with Crippen LogP contribution >= 0.6 is 0 Å². The van der Waals surface area contributed by atoms with Gasteiger partial charge in [0.1, 0.15) is 0 Å². The van der Waals surface area contributed by atoms with Crippen LogP contribution in [-0.4, -0.2) is 21.9 Å². The second kappa shape index (κ2) is 2.08. The summed E-state index contributed by atoms with van der Waals surface area (Å²) in [5, 5.41) is 19.5. The van der Waals surface area contributed by atoms with E-state index in [0.29, 0.717) is 0 Å². The van der Waals surface area contributed by atoms with Crippen LogP contribution in [0.4, 0.5) is 0 Å². The van der Waals surface area contributed by atoms with Crippen molar-refractivity contribution in [1.29, 1.82) is 0 Å². The van der Waals surface area contributed by atoms with Crippen molar-refractivity contribution in [2.45, 2.75) is 31.5 Å². The maximum atomic E-state index is 9.83. The van der Waals surface area contributed by atoms with Gasteiger partial charge in [-0.3, -0.25) is 0 Å². The number of hydrogen-bond acceptors (Lipinski definition) is 2. The van der Waals surface area contributed by atoms with E-state index in [2.05, 4.69) is 0 Å². The quantitative estimate of drug-likeness (QED) is 0.504. The van der Waals surface area contributed by atoms with E-state index in [1.807, 2.05) is 12.2 Å². The minimum Gasteiger partial charge on any atom is -0.390 e. The second-order valence-corrected chi connectivity index (χ2v) is 3.90. The molecule has 0 saturated heterocycles. The first-order valence-electron chi connectivity index (χ1n) is 4.21. The lowest BCUT2D eigenvalue weighted by Crippen LogP contribution is -2.54. The van der Waals surface area contributed by atoms with E-state index < -0.39 is 11.7 Å². The molecule has 2 bridgehead atoms.